The summed E-state index contributed by atoms with van der Waals surface area (Å²) in [5.74, 6) is 2.80. The van der Waals surface area contributed by atoms with Crippen LogP contribution in [-0.2, 0) is 0 Å². The Kier molecular flexibility index (Phi) is 4.89. The summed E-state index contributed by atoms with van der Waals surface area (Å²) in [4.78, 5) is 0. The number of nitrogens with one attached hydrogen (secondary N) is 1. The van der Waals surface area contributed by atoms with Crippen LogP contribution in [0.4, 0.5) is 0 Å². The van der Waals surface area contributed by atoms with E-state index in [0.717, 1.165) is 24.3 Å². The first-order chi connectivity index (χ1) is 7.45. The lowest BCUT2D eigenvalue weighted by Crippen LogP contribution is -2.15. The Hall–Kier alpha value is -0.460. The lowest BCUT2D eigenvalue weighted by molar-refractivity contribution is 0.321. The van der Waals surface area contributed by atoms with Crippen LogP contribution in [0.2, 0.25) is 0 Å². The maximum atomic E-state index is 3.68. The third kappa shape index (κ3) is 4.59. The molecule has 3 atom stereocenters. The highest BCUT2D eigenvalue weighted by molar-refractivity contribution is 4.93. The molecule has 0 aromatic heterocycles. The van der Waals surface area contributed by atoms with Crippen molar-refractivity contribution in [2.75, 3.05) is 6.54 Å². The summed E-state index contributed by atoms with van der Waals surface area (Å²) in [5, 5.41) is 3.20. The van der Waals surface area contributed by atoms with Gasteiger partial charge in [-0.1, -0.05) is 47.1 Å². The van der Waals surface area contributed by atoms with E-state index in [0.29, 0.717) is 5.41 Å². The van der Waals surface area contributed by atoms with Gasteiger partial charge in [-0.25, -0.2) is 0 Å². The molecule has 0 saturated heterocycles. The lowest BCUT2D eigenvalue weighted by atomic mass is 9.88. The molecule has 1 heteroatoms. The van der Waals surface area contributed by atoms with Crippen molar-refractivity contribution in [1.82, 2.24) is 5.32 Å². The van der Waals surface area contributed by atoms with E-state index in [9.17, 15) is 0 Å². The van der Waals surface area contributed by atoms with Crippen LogP contribution >= 0.6 is 0 Å². The molecule has 1 aliphatic carbocycles. The highest BCUT2D eigenvalue weighted by Crippen LogP contribution is 2.52. The van der Waals surface area contributed by atoms with Gasteiger partial charge in [-0.2, -0.15) is 0 Å². The third-order valence-electron chi connectivity index (χ3n) is 3.92. The van der Waals surface area contributed by atoms with Gasteiger partial charge in [0.1, 0.15) is 0 Å². The van der Waals surface area contributed by atoms with Crippen LogP contribution in [-0.4, -0.2) is 6.54 Å². The monoisotopic (exact) mass is 223 g/mol. The van der Waals surface area contributed by atoms with Crippen molar-refractivity contribution in [3.05, 3.63) is 12.8 Å². The van der Waals surface area contributed by atoms with E-state index < -0.39 is 0 Å². The zero-order chi connectivity index (χ0) is 12.2. The largest absolute Gasteiger partial charge is 0.391 e. The number of hydrogen-bond donors (Lipinski definition) is 1. The van der Waals surface area contributed by atoms with Crippen LogP contribution in [0.25, 0.3) is 0 Å². The van der Waals surface area contributed by atoms with Gasteiger partial charge in [0.05, 0.1) is 0 Å². The minimum absolute atomic E-state index is 0.542. The second kappa shape index (κ2) is 5.75. The van der Waals surface area contributed by atoms with E-state index in [1.165, 1.54) is 25.7 Å². The van der Waals surface area contributed by atoms with Gasteiger partial charge in [0.15, 0.2) is 0 Å². The summed E-state index contributed by atoms with van der Waals surface area (Å²) < 4.78 is 0. The van der Waals surface area contributed by atoms with Crippen LogP contribution in [0, 0.1) is 23.2 Å². The number of rotatable bonds is 7. The quantitative estimate of drug-likeness (QED) is 0.682. The van der Waals surface area contributed by atoms with Crippen molar-refractivity contribution in [2.45, 2.75) is 53.4 Å². The van der Waals surface area contributed by atoms with E-state index in [-0.39, 0.29) is 0 Å². The zero-order valence-corrected chi connectivity index (χ0v) is 11.6. The molecular weight excluding hydrogens is 194 g/mol. The van der Waals surface area contributed by atoms with E-state index in [1.807, 2.05) is 0 Å². The van der Waals surface area contributed by atoms with Gasteiger partial charge in [-0.15, -0.1) is 0 Å². The molecule has 1 aliphatic rings. The molecule has 16 heavy (non-hydrogen) atoms. The molecule has 0 radical (unpaired) electrons. The van der Waals surface area contributed by atoms with Crippen LogP contribution in [0.1, 0.15) is 53.4 Å². The van der Waals surface area contributed by atoms with Crippen molar-refractivity contribution >= 4 is 0 Å². The fourth-order valence-corrected chi connectivity index (χ4v) is 2.74. The SMILES string of the molecule is C=CNCC(C)CCCC1CC1C(C)(C)C. The van der Waals surface area contributed by atoms with Crippen LogP contribution in [0.5, 0.6) is 0 Å². The first-order valence-corrected chi connectivity index (χ1v) is 6.79. The predicted octanol–water partition coefficient (Wildman–Crippen LogP) is 4.21. The van der Waals surface area contributed by atoms with Gasteiger partial charge in [0, 0.05) is 6.54 Å². The lowest BCUT2D eigenvalue weighted by Gasteiger charge is -2.18. The van der Waals surface area contributed by atoms with Crippen LogP contribution in [0.3, 0.4) is 0 Å². The zero-order valence-electron chi connectivity index (χ0n) is 11.6. The molecule has 0 amide bonds. The molecule has 0 aliphatic heterocycles. The fraction of sp³-hybridized carbons (Fsp3) is 0.867. The molecule has 3 unspecified atom stereocenters. The van der Waals surface area contributed by atoms with Crippen LogP contribution in [0.15, 0.2) is 12.8 Å². The van der Waals surface area contributed by atoms with Crippen molar-refractivity contribution in [1.29, 1.82) is 0 Å². The van der Waals surface area contributed by atoms with Crippen LogP contribution < -0.4 is 5.32 Å². The third-order valence-corrected chi connectivity index (χ3v) is 3.92. The van der Waals surface area contributed by atoms with Crippen molar-refractivity contribution in [3.63, 3.8) is 0 Å². The second-order valence-corrected chi connectivity index (χ2v) is 6.62. The van der Waals surface area contributed by atoms with Gasteiger partial charge in [0.2, 0.25) is 0 Å². The molecular formula is C15H29N. The summed E-state index contributed by atoms with van der Waals surface area (Å²) in [6.07, 6.45) is 7.47. The van der Waals surface area contributed by atoms with E-state index in [1.54, 1.807) is 6.20 Å². The average molecular weight is 223 g/mol. The highest BCUT2D eigenvalue weighted by atomic mass is 14.8. The Morgan fingerprint density at radius 2 is 2.12 bits per heavy atom. The minimum Gasteiger partial charge on any atom is -0.391 e. The summed E-state index contributed by atoms with van der Waals surface area (Å²) in [6.45, 7) is 14.2. The first-order valence-electron chi connectivity index (χ1n) is 6.79. The Balaban J connectivity index is 2.03. The second-order valence-electron chi connectivity index (χ2n) is 6.62. The maximum Gasteiger partial charge on any atom is 0.0166 e. The summed E-state index contributed by atoms with van der Waals surface area (Å²) in [7, 11) is 0. The molecule has 1 N–H and O–H groups in total. The molecule has 1 fully saturated rings. The minimum atomic E-state index is 0.542. The van der Waals surface area contributed by atoms with Gasteiger partial charge in [-0.3, -0.25) is 0 Å². The van der Waals surface area contributed by atoms with E-state index in [2.05, 4.69) is 39.6 Å². The standard InChI is InChI=1S/C15H29N/c1-6-16-11-12(2)8-7-9-13-10-14(13)15(3,4)5/h6,12-14,16H,1,7-11H2,2-5H3. The Labute approximate surface area is 102 Å². The van der Waals surface area contributed by atoms with Crippen molar-refractivity contribution in [2.24, 2.45) is 23.2 Å². The molecule has 1 nitrogen and oxygen atoms in total. The summed E-state index contributed by atoms with van der Waals surface area (Å²) in [5.41, 5.74) is 0.542. The topological polar surface area (TPSA) is 12.0 Å². The van der Waals surface area contributed by atoms with Gasteiger partial charge in [-0.05, 0) is 42.2 Å². The normalized spacial score (nSPS) is 26.2. The molecule has 1 rings (SSSR count). The molecule has 0 aromatic carbocycles. The van der Waals surface area contributed by atoms with Gasteiger partial charge < -0.3 is 5.32 Å². The van der Waals surface area contributed by atoms with Crippen molar-refractivity contribution < 1.29 is 0 Å². The van der Waals surface area contributed by atoms with Gasteiger partial charge >= 0.3 is 0 Å². The molecule has 0 bridgehead atoms. The smallest absolute Gasteiger partial charge is 0.0166 e. The Morgan fingerprint density at radius 1 is 1.44 bits per heavy atom. The average Bonchev–Trinajstić information content (AvgIpc) is 2.93. The van der Waals surface area contributed by atoms with E-state index in [4.69, 9.17) is 0 Å². The number of hydrogen-bond acceptors (Lipinski definition) is 1. The molecule has 1 saturated carbocycles. The molecule has 0 heterocycles. The first kappa shape index (κ1) is 13.6. The highest BCUT2D eigenvalue weighted by Gasteiger charge is 2.44. The maximum absolute atomic E-state index is 3.68. The fourth-order valence-electron chi connectivity index (χ4n) is 2.74. The van der Waals surface area contributed by atoms with Crippen molar-refractivity contribution in [3.8, 4) is 0 Å². The molecule has 0 spiro atoms. The van der Waals surface area contributed by atoms with E-state index >= 15 is 0 Å². The molecule has 94 valence electrons. The Bertz CT molecular complexity index is 214. The Morgan fingerprint density at radius 3 is 2.62 bits per heavy atom. The summed E-state index contributed by atoms with van der Waals surface area (Å²) in [6, 6.07) is 0. The predicted molar refractivity (Wildman–Crippen MR) is 72.3 cm³/mol. The molecule has 0 aromatic rings. The summed E-state index contributed by atoms with van der Waals surface area (Å²) >= 11 is 0. The van der Waals surface area contributed by atoms with Gasteiger partial charge in [0.25, 0.3) is 0 Å².